The Balaban J connectivity index is 2.50. The maximum Gasteiger partial charge on any atom is 0.335 e. The highest BCUT2D eigenvalue weighted by Gasteiger charge is 2.10. The van der Waals surface area contributed by atoms with Crippen LogP contribution in [-0.2, 0) is 0 Å². The summed E-state index contributed by atoms with van der Waals surface area (Å²) in [4.78, 5) is 10.9. The summed E-state index contributed by atoms with van der Waals surface area (Å²) >= 11 is 0. The second kappa shape index (κ2) is 7.32. The maximum absolute atomic E-state index is 10.9. The van der Waals surface area contributed by atoms with Crippen LogP contribution >= 0.6 is 0 Å². The number of hydrogen-bond donors (Lipinski definition) is 2. The van der Waals surface area contributed by atoms with Gasteiger partial charge < -0.3 is 15.4 Å². The minimum Gasteiger partial charge on any atom is -0.478 e. The number of carboxylic acids is 1. The number of allylic oxidation sites excluding steroid dienone is 2. The van der Waals surface area contributed by atoms with Gasteiger partial charge in [-0.1, -0.05) is 0 Å². The molecule has 0 fully saturated rings. The fourth-order valence-corrected chi connectivity index (χ4v) is 2.11. The van der Waals surface area contributed by atoms with E-state index in [-0.39, 0.29) is 22.4 Å². The first-order valence-electron chi connectivity index (χ1n) is 6.95. The lowest BCUT2D eigenvalue weighted by atomic mass is 10.1. The van der Waals surface area contributed by atoms with E-state index in [1.807, 2.05) is 6.07 Å². The van der Waals surface area contributed by atoms with Crippen LogP contribution in [0.1, 0.15) is 16.1 Å². The third kappa shape index (κ3) is 3.56. The van der Waals surface area contributed by atoms with Gasteiger partial charge in [0.1, 0.15) is 18.2 Å². The number of nitrogens with zero attached hydrogens (tertiary/aromatic N) is 4. The number of aromatic nitrogens is 1. The molecule has 2 rings (SSSR count). The van der Waals surface area contributed by atoms with Crippen LogP contribution in [0.25, 0.3) is 11.8 Å². The number of benzene rings is 1. The standard InChI is InChI=1S/C18H11N5O2/c19-9-13(17(22)14(10-20)11-21)8-16-2-1-7-23(16)15-5-3-12(4-6-15)18(24)25/h1-8H,22H2,(H,24,25)/b13-8+. The van der Waals surface area contributed by atoms with Crippen molar-refractivity contribution in [3.63, 3.8) is 0 Å². The van der Waals surface area contributed by atoms with E-state index < -0.39 is 5.97 Å². The molecule has 0 aliphatic rings. The van der Waals surface area contributed by atoms with Gasteiger partial charge in [-0.3, -0.25) is 0 Å². The van der Waals surface area contributed by atoms with E-state index >= 15 is 0 Å². The molecular weight excluding hydrogens is 318 g/mol. The average molecular weight is 329 g/mol. The van der Waals surface area contributed by atoms with Crippen molar-refractivity contribution in [2.45, 2.75) is 0 Å². The summed E-state index contributed by atoms with van der Waals surface area (Å²) in [5.41, 5.74) is 6.60. The highest BCUT2D eigenvalue weighted by atomic mass is 16.4. The first-order chi connectivity index (χ1) is 12.0. The van der Waals surface area contributed by atoms with Crippen molar-refractivity contribution < 1.29 is 9.90 Å². The zero-order valence-corrected chi connectivity index (χ0v) is 12.8. The van der Waals surface area contributed by atoms with Crippen molar-refractivity contribution in [2.24, 2.45) is 5.73 Å². The van der Waals surface area contributed by atoms with Crippen LogP contribution in [0.5, 0.6) is 0 Å². The molecule has 3 N–H and O–H groups in total. The highest BCUT2D eigenvalue weighted by Crippen LogP contribution is 2.19. The molecule has 7 nitrogen and oxygen atoms in total. The van der Waals surface area contributed by atoms with Gasteiger partial charge in [-0.2, -0.15) is 15.8 Å². The molecule has 0 saturated carbocycles. The summed E-state index contributed by atoms with van der Waals surface area (Å²) < 4.78 is 1.72. The van der Waals surface area contributed by atoms with E-state index in [1.165, 1.54) is 18.2 Å². The van der Waals surface area contributed by atoms with Crippen molar-refractivity contribution in [1.29, 1.82) is 15.8 Å². The van der Waals surface area contributed by atoms with E-state index in [9.17, 15) is 10.1 Å². The summed E-state index contributed by atoms with van der Waals surface area (Å²) in [5.74, 6) is -1.02. The smallest absolute Gasteiger partial charge is 0.335 e. The predicted octanol–water partition coefficient (Wildman–Crippen LogP) is 2.34. The van der Waals surface area contributed by atoms with Crippen molar-refractivity contribution >= 4 is 12.0 Å². The third-order valence-electron chi connectivity index (χ3n) is 3.37. The average Bonchev–Trinajstić information content (AvgIpc) is 3.08. The van der Waals surface area contributed by atoms with Crippen molar-refractivity contribution in [2.75, 3.05) is 0 Å². The van der Waals surface area contributed by atoms with Crippen LogP contribution in [0.2, 0.25) is 0 Å². The van der Waals surface area contributed by atoms with Gasteiger partial charge in [0.15, 0.2) is 5.57 Å². The van der Waals surface area contributed by atoms with E-state index in [4.69, 9.17) is 21.4 Å². The van der Waals surface area contributed by atoms with Crippen LogP contribution in [-0.4, -0.2) is 15.6 Å². The Hall–Kier alpha value is -4.28. The second-order valence-corrected chi connectivity index (χ2v) is 4.84. The first kappa shape index (κ1) is 17.1. The predicted molar refractivity (Wildman–Crippen MR) is 88.8 cm³/mol. The molecule has 0 saturated heterocycles. The first-order valence-corrected chi connectivity index (χ1v) is 6.95. The van der Waals surface area contributed by atoms with Crippen LogP contribution in [0.3, 0.4) is 0 Å². The molecule has 1 aromatic heterocycles. The molecule has 2 aromatic rings. The Labute approximate surface area is 143 Å². The molecule has 0 amide bonds. The van der Waals surface area contributed by atoms with Crippen LogP contribution in [0.4, 0.5) is 0 Å². The zero-order chi connectivity index (χ0) is 18.4. The number of carbonyl (C=O) groups is 1. The number of hydrogen-bond acceptors (Lipinski definition) is 5. The maximum atomic E-state index is 10.9. The van der Waals surface area contributed by atoms with Crippen molar-refractivity contribution in [3.8, 4) is 23.9 Å². The second-order valence-electron chi connectivity index (χ2n) is 4.84. The van der Waals surface area contributed by atoms with E-state index in [2.05, 4.69) is 0 Å². The zero-order valence-electron chi connectivity index (χ0n) is 12.8. The number of carboxylic acid groups (broad SMARTS) is 1. The van der Waals surface area contributed by atoms with Gasteiger partial charge in [-0.15, -0.1) is 0 Å². The summed E-state index contributed by atoms with van der Waals surface area (Å²) in [6.07, 6.45) is 3.18. The van der Waals surface area contributed by atoms with Gasteiger partial charge in [-0.05, 0) is 42.5 Å². The molecule has 25 heavy (non-hydrogen) atoms. The molecule has 0 bridgehead atoms. The van der Waals surface area contributed by atoms with E-state index in [1.54, 1.807) is 47.2 Å². The molecule has 1 heterocycles. The van der Waals surface area contributed by atoms with Gasteiger partial charge >= 0.3 is 5.97 Å². The topological polar surface area (TPSA) is 140 Å². The van der Waals surface area contributed by atoms with Gasteiger partial charge in [0.25, 0.3) is 0 Å². The Morgan fingerprint density at radius 3 is 2.24 bits per heavy atom. The fraction of sp³-hybridized carbons (Fsp3) is 0. The van der Waals surface area contributed by atoms with E-state index in [0.717, 1.165) is 0 Å². The van der Waals surface area contributed by atoms with Crippen molar-refractivity contribution in [1.82, 2.24) is 4.57 Å². The molecule has 0 unspecified atom stereocenters. The number of rotatable bonds is 4. The minimum absolute atomic E-state index is 0.0137. The molecular formula is C18H11N5O2. The Bertz CT molecular complexity index is 989. The largest absolute Gasteiger partial charge is 0.478 e. The quantitative estimate of drug-likeness (QED) is 0.651. The molecule has 0 aliphatic heterocycles. The number of aromatic carboxylic acids is 1. The molecule has 120 valence electrons. The molecule has 0 radical (unpaired) electrons. The third-order valence-corrected chi connectivity index (χ3v) is 3.37. The summed E-state index contributed by atoms with van der Waals surface area (Å²) in [6.45, 7) is 0. The Morgan fingerprint density at radius 2 is 1.72 bits per heavy atom. The highest BCUT2D eigenvalue weighted by molar-refractivity contribution is 5.87. The monoisotopic (exact) mass is 329 g/mol. The number of nitrogens with two attached hydrogens (primary N) is 1. The summed E-state index contributed by atoms with van der Waals surface area (Å²) in [6, 6.07) is 14.8. The molecule has 1 aromatic carbocycles. The Morgan fingerprint density at radius 1 is 1.08 bits per heavy atom. The van der Waals surface area contributed by atoms with Crippen LogP contribution < -0.4 is 5.73 Å². The molecule has 0 atom stereocenters. The van der Waals surface area contributed by atoms with Crippen molar-refractivity contribution in [3.05, 3.63) is 70.7 Å². The lowest BCUT2D eigenvalue weighted by Gasteiger charge is -2.08. The van der Waals surface area contributed by atoms with Crippen LogP contribution in [0.15, 0.2) is 59.4 Å². The van der Waals surface area contributed by atoms with Gasteiger partial charge in [0.05, 0.1) is 16.8 Å². The Kier molecular flexibility index (Phi) is 5.00. The lowest BCUT2D eigenvalue weighted by molar-refractivity contribution is 0.0697. The lowest BCUT2D eigenvalue weighted by Crippen LogP contribution is -2.04. The SMILES string of the molecule is N#CC(C#N)=C(N)/C(C#N)=C/c1cccn1-c1ccc(C(=O)O)cc1. The normalized spacial score (nSPS) is 10.2. The number of nitriles is 3. The summed E-state index contributed by atoms with van der Waals surface area (Å²) in [7, 11) is 0. The van der Waals surface area contributed by atoms with E-state index in [0.29, 0.717) is 11.4 Å². The van der Waals surface area contributed by atoms with Gasteiger partial charge in [-0.25, -0.2) is 4.79 Å². The molecule has 7 heteroatoms. The van der Waals surface area contributed by atoms with Crippen LogP contribution in [0, 0.1) is 34.0 Å². The van der Waals surface area contributed by atoms with Gasteiger partial charge in [0.2, 0.25) is 0 Å². The molecule has 0 spiro atoms. The fourth-order valence-electron chi connectivity index (χ4n) is 2.11. The molecule has 0 aliphatic carbocycles. The summed E-state index contributed by atoms with van der Waals surface area (Å²) in [5, 5.41) is 36.0. The van der Waals surface area contributed by atoms with Gasteiger partial charge in [0, 0.05) is 17.6 Å². The minimum atomic E-state index is -1.02.